The fraction of sp³-hybridized carbons (Fsp3) is 0.375. The highest BCUT2D eigenvalue weighted by Crippen LogP contribution is 2.39. The molecule has 1 fully saturated rings. The van der Waals surface area contributed by atoms with E-state index in [4.69, 9.17) is 9.47 Å². The number of ether oxygens (including phenoxy) is 2. The minimum atomic E-state index is -0.843. The van der Waals surface area contributed by atoms with Gasteiger partial charge in [-0.15, -0.1) is 0 Å². The van der Waals surface area contributed by atoms with Gasteiger partial charge in [0.2, 0.25) is 5.91 Å². The molecule has 32 heavy (non-hydrogen) atoms. The molecule has 2 aromatic rings. The second-order valence-corrected chi connectivity index (χ2v) is 8.00. The van der Waals surface area contributed by atoms with Gasteiger partial charge in [0.25, 0.3) is 5.91 Å². The van der Waals surface area contributed by atoms with Gasteiger partial charge in [-0.2, -0.15) is 0 Å². The molecule has 2 aliphatic rings. The second-order valence-electron chi connectivity index (χ2n) is 8.00. The summed E-state index contributed by atoms with van der Waals surface area (Å²) in [7, 11) is 3.17. The Hall–Kier alpha value is -3.55. The SMILES string of the molecule is COc1cc2c(cc1OC)[C@H](NC(=O)C[C@@H]1NC(=O)N(CCc3ccccc3)C1=O)CC2. The maximum Gasteiger partial charge on any atom is 0.324 e. The Morgan fingerprint density at radius 3 is 2.56 bits per heavy atom. The molecule has 0 spiro atoms. The van der Waals surface area contributed by atoms with Crippen molar-refractivity contribution >= 4 is 17.8 Å². The molecule has 2 atom stereocenters. The van der Waals surface area contributed by atoms with Crippen LogP contribution in [0.3, 0.4) is 0 Å². The van der Waals surface area contributed by atoms with Crippen LogP contribution in [-0.2, 0) is 22.4 Å². The maximum absolute atomic E-state index is 12.7. The van der Waals surface area contributed by atoms with Gasteiger partial charge in [-0.05, 0) is 48.1 Å². The largest absolute Gasteiger partial charge is 0.493 e. The van der Waals surface area contributed by atoms with Crippen molar-refractivity contribution in [3.63, 3.8) is 0 Å². The first-order valence-electron chi connectivity index (χ1n) is 10.7. The second kappa shape index (κ2) is 9.30. The summed E-state index contributed by atoms with van der Waals surface area (Å²) in [4.78, 5) is 38.8. The Balaban J connectivity index is 1.35. The summed E-state index contributed by atoms with van der Waals surface area (Å²) >= 11 is 0. The number of nitrogens with one attached hydrogen (secondary N) is 2. The van der Waals surface area contributed by atoms with Gasteiger partial charge in [0, 0.05) is 6.54 Å². The van der Waals surface area contributed by atoms with Crippen molar-refractivity contribution in [1.29, 1.82) is 0 Å². The van der Waals surface area contributed by atoms with Crippen LogP contribution in [0.25, 0.3) is 0 Å². The van der Waals surface area contributed by atoms with Crippen LogP contribution in [-0.4, -0.2) is 49.6 Å². The zero-order valence-corrected chi connectivity index (χ0v) is 18.2. The molecule has 1 aliphatic heterocycles. The molecule has 0 unspecified atom stereocenters. The predicted molar refractivity (Wildman–Crippen MR) is 118 cm³/mol. The Morgan fingerprint density at radius 2 is 1.84 bits per heavy atom. The molecule has 0 saturated carbocycles. The van der Waals surface area contributed by atoms with E-state index in [9.17, 15) is 14.4 Å². The number of nitrogens with zero attached hydrogens (tertiary/aromatic N) is 1. The van der Waals surface area contributed by atoms with Crippen LogP contribution in [0.15, 0.2) is 42.5 Å². The summed E-state index contributed by atoms with van der Waals surface area (Å²) < 4.78 is 10.7. The van der Waals surface area contributed by atoms with Crippen molar-refractivity contribution in [3.8, 4) is 11.5 Å². The highest BCUT2D eigenvalue weighted by atomic mass is 16.5. The topological polar surface area (TPSA) is 97.0 Å². The zero-order chi connectivity index (χ0) is 22.7. The highest BCUT2D eigenvalue weighted by Gasteiger charge is 2.39. The number of methoxy groups -OCH3 is 2. The summed E-state index contributed by atoms with van der Waals surface area (Å²) in [5.41, 5.74) is 3.13. The van der Waals surface area contributed by atoms with Crippen LogP contribution >= 0.6 is 0 Å². The summed E-state index contributed by atoms with van der Waals surface area (Å²) in [6.07, 6.45) is 2.05. The summed E-state index contributed by atoms with van der Waals surface area (Å²) in [6, 6.07) is 12.0. The van der Waals surface area contributed by atoms with Gasteiger partial charge in [-0.25, -0.2) is 4.79 Å². The van der Waals surface area contributed by atoms with Gasteiger partial charge in [-0.3, -0.25) is 14.5 Å². The Bertz CT molecular complexity index is 1020. The van der Waals surface area contributed by atoms with E-state index in [0.29, 0.717) is 17.9 Å². The first kappa shape index (κ1) is 21.7. The lowest BCUT2D eigenvalue weighted by atomic mass is 10.1. The molecule has 2 aromatic carbocycles. The Labute approximate surface area is 186 Å². The molecule has 0 bridgehead atoms. The molecule has 1 saturated heterocycles. The van der Waals surface area contributed by atoms with Gasteiger partial charge >= 0.3 is 6.03 Å². The fourth-order valence-electron chi connectivity index (χ4n) is 4.33. The Morgan fingerprint density at radius 1 is 1.12 bits per heavy atom. The monoisotopic (exact) mass is 437 g/mol. The molecular formula is C24H27N3O5. The summed E-state index contributed by atoms with van der Waals surface area (Å²) in [5.74, 6) is 0.633. The number of hydrogen-bond acceptors (Lipinski definition) is 5. The molecule has 2 N–H and O–H groups in total. The van der Waals surface area contributed by atoms with E-state index in [2.05, 4.69) is 10.6 Å². The third kappa shape index (κ3) is 4.39. The smallest absolute Gasteiger partial charge is 0.324 e. The van der Waals surface area contributed by atoms with E-state index in [1.54, 1.807) is 14.2 Å². The number of fused-ring (bicyclic) bond motifs is 1. The van der Waals surface area contributed by atoms with Gasteiger partial charge in [0.15, 0.2) is 11.5 Å². The molecule has 4 amide bonds. The molecule has 8 heteroatoms. The first-order chi connectivity index (χ1) is 15.5. The first-order valence-corrected chi connectivity index (χ1v) is 10.7. The molecule has 1 aliphatic carbocycles. The van der Waals surface area contributed by atoms with Gasteiger partial charge in [0.1, 0.15) is 6.04 Å². The van der Waals surface area contributed by atoms with E-state index in [-0.39, 0.29) is 30.8 Å². The van der Waals surface area contributed by atoms with Crippen LogP contribution in [0.4, 0.5) is 4.79 Å². The number of carbonyl (C=O) groups excluding carboxylic acids is 3. The number of carbonyl (C=O) groups is 3. The average Bonchev–Trinajstić information content (AvgIpc) is 3.31. The van der Waals surface area contributed by atoms with Crippen molar-refractivity contribution in [2.75, 3.05) is 20.8 Å². The van der Waals surface area contributed by atoms with Gasteiger partial charge in [-0.1, -0.05) is 30.3 Å². The fourth-order valence-corrected chi connectivity index (χ4v) is 4.33. The molecule has 4 rings (SSSR count). The predicted octanol–water partition coefficient (Wildman–Crippen LogP) is 2.36. The minimum absolute atomic E-state index is 0.0917. The van der Waals surface area contributed by atoms with Crippen molar-refractivity contribution in [3.05, 3.63) is 59.2 Å². The maximum atomic E-state index is 12.7. The molecular weight excluding hydrogens is 410 g/mol. The minimum Gasteiger partial charge on any atom is -0.493 e. The standard InChI is InChI=1S/C24H27N3O5/c1-31-20-12-16-8-9-18(17(16)13-21(20)32-2)25-22(28)14-19-23(29)27(24(30)26-19)11-10-15-6-4-3-5-7-15/h3-7,12-13,18-19H,8-11,14H2,1-2H3,(H,25,28)(H,26,30)/t18-,19+/m1/s1. The molecule has 8 nitrogen and oxygen atoms in total. The van der Waals surface area contributed by atoms with E-state index in [0.717, 1.165) is 29.5 Å². The van der Waals surface area contributed by atoms with Crippen LogP contribution < -0.4 is 20.1 Å². The van der Waals surface area contributed by atoms with Crippen molar-refractivity contribution in [2.24, 2.45) is 0 Å². The van der Waals surface area contributed by atoms with Gasteiger partial charge < -0.3 is 20.1 Å². The number of hydrogen-bond donors (Lipinski definition) is 2. The summed E-state index contributed by atoms with van der Waals surface area (Å²) in [6.45, 7) is 0.282. The average molecular weight is 437 g/mol. The third-order valence-electron chi connectivity index (χ3n) is 6.02. The van der Waals surface area contributed by atoms with Crippen molar-refractivity contribution in [1.82, 2.24) is 15.5 Å². The van der Waals surface area contributed by atoms with E-state index in [1.807, 2.05) is 42.5 Å². The number of urea groups is 1. The summed E-state index contributed by atoms with van der Waals surface area (Å²) in [5, 5.41) is 5.64. The van der Waals surface area contributed by atoms with E-state index >= 15 is 0 Å². The number of benzene rings is 2. The van der Waals surface area contributed by atoms with Crippen LogP contribution in [0.2, 0.25) is 0 Å². The lowest BCUT2D eigenvalue weighted by Crippen LogP contribution is -2.37. The number of amides is 4. The van der Waals surface area contributed by atoms with Crippen LogP contribution in [0.1, 0.15) is 35.6 Å². The highest BCUT2D eigenvalue weighted by molar-refractivity contribution is 6.05. The zero-order valence-electron chi connectivity index (χ0n) is 18.2. The normalized spacial score (nSPS) is 19.5. The molecule has 0 radical (unpaired) electrons. The molecule has 168 valence electrons. The number of rotatable bonds is 8. The van der Waals surface area contributed by atoms with Crippen molar-refractivity contribution < 1.29 is 23.9 Å². The quantitative estimate of drug-likeness (QED) is 0.618. The van der Waals surface area contributed by atoms with E-state index in [1.165, 1.54) is 4.90 Å². The lowest BCUT2D eigenvalue weighted by molar-refractivity contribution is -0.131. The third-order valence-corrected chi connectivity index (χ3v) is 6.02. The lowest BCUT2D eigenvalue weighted by Gasteiger charge is -2.17. The molecule has 1 heterocycles. The molecule has 0 aromatic heterocycles. The number of aryl methyl sites for hydroxylation is 1. The van der Waals surface area contributed by atoms with E-state index < -0.39 is 12.1 Å². The van der Waals surface area contributed by atoms with Crippen molar-refractivity contribution in [2.45, 2.75) is 37.8 Å². The van der Waals surface area contributed by atoms with Gasteiger partial charge in [0.05, 0.1) is 26.7 Å². The number of imide groups is 1. The van der Waals surface area contributed by atoms with Crippen LogP contribution in [0, 0.1) is 0 Å². The Kier molecular flexibility index (Phi) is 6.30. The van der Waals surface area contributed by atoms with Crippen LogP contribution in [0.5, 0.6) is 11.5 Å².